The number of esters is 2. The van der Waals surface area contributed by atoms with Crippen molar-refractivity contribution in [3.05, 3.63) is 54.6 Å². The van der Waals surface area contributed by atoms with E-state index < -0.39 is 25.7 Å². The van der Waals surface area contributed by atoms with Crippen molar-refractivity contribution >= 4 is 36.7 Å². The summed E-state index contributed by atoms with van der Waals surface area (Å²) in [5.74, 6) is -1.17. The quantitative estimate of drug-likeness (QED) is 0.206. The van der Waals surface area contributed by atoms with Gasteiger partial charge in [-0.05, 0) is 32.4 Å². The number of nitrogens with one attached hydrogen (secondary N) is 1. The van der Waals surface area contributed by atoms with Gasteiger partial charge in [-0.15, -0.1) is 0 Å². The molecule has 1 aromatic carbocycles. The first-order chi connectivity index (χ1) is 18.2. The standard InChI is InChI=1S/C24H29N6O7P/c1-4-35-24(32)18-7-5-6-8-19(18)37-38(33,29-15(2)23(31)34-3)36-12-16-9-10-17(11-16)30-14-28-20-21(25)26-13-27-22(20)30/h5-10,13-17H,4,11-12H2,1-3H3,(H,29,33)(H2,25,26,27)/t15-,16-,17+,38?/m0/s1. The number of anilines is 1. The number of methoxy groups -OCH3 is 1. The van der Waals surface area contributed by atoms with E-state index in [-0.39, 0.29) is 36.5 Å². The van der Waals surface area contributed by atoms with Crippen LogP contribution in [-0.2, 0) is 23.4 Å². The number of nitrogen functional groups attached to an aromatic ring is 1. The summed E-state index contributed by atoms with van der Waals surface area (Å²) >= 11 is 0. The lowest BCUT2D eigenvalue weighted by Gasteiger charge is -2.24. The van der Waals surface area contributed by atoms with E-state index in [0.29, 0.717) is 23.4 Å². The van der Waals surface area contributed by atoms with Crippen molar-refractivity contribution in [2.75, 3.05) is 26.1 Å². The Bertz CT molecular complexity index is 1390. The smallest absolute Gasteiger partial charge is 0.459 e. The van der Waals surface area contributed by atoms with Gasteiger partial charge >= 0.3 is 19.7 Å². The van der Waals surface area contributed by atoms with E-state index in [4.69, 9.17) is 24.3 Å². The third-order valence-corrected chi connectivity index (χ3v) is 7.49. The Balaban J connectivity index is 1.50. The minimum atomic E-state index is -4.18. The topological polar surface area (TPSA) is 170 Å². The number of allylic oxidation sites excluding steroid dienone is 1. The highest BCUT2D eigenvalue weighted by Crippen LogP contribution is 2.47. The first-order valence-electron chi connectivity index (χ1n) is 11.9. The minimum absolute atomic E-state index is 0.00348. The van der Waals surface area contributed by atoms with Gasteiger partial charge in [-0.1, -0.05) is 24.3 Å². The Labute approximate surface area is 218 Å². The van der Waals surface area contributed by atoms with Gasteiger partial charge in [0.15, 0.2) is 11.5 Å². The molecule has 14 heteroatoms. The van der Waals surface area contributed by atoms with Crippen molar-refractivity contribution in [2.24, 2.45) is 5.92 Å². The van der Waals surface area contributed by atoms with Crippen molar-refractivity contribution in [2.45, 2.75) is 32.4 Å². The molecule has 4 rings (SSSR count). The first-order valence-corrected chi connectivity index (χ1v) is 13.5. The molecule has 0 aliphatic heterocycles. The van der Waals surface area contributed by atoms with Gasteiger partial charge < -0.3 is 24.3 Å². The maximum atomic E-state index is 13.8. The molecule has 0 fully saturated rings. The van der Waals surface area contributed by atoms with Crippen molar-refractivity contribution in [3.8, 4) is 5.75 Å². The zero-order valence-corrected chi connectivity index (χ0v) is 22.0. The van der Waals surface area contributed by atoms with Crippen LogP contribution in [0.2, 0.25) is 0 Å². The molecule has 13 nitrogen and oxygen atoms in total. The summed E-state index contributed by atoms with van der Waals surface area (Å²) in [6.45, 7) is 3.28. The molecule has 1 aliphatic rings. The van der Waals surface area contributed by atoms with Crippen LogP contribution in [0.5, 0.6) is 5.75 Å². The molecule has 3 N–H and O–H groups in total. The van der Waals surface area contributed by atoms with Crippen molar-refractivity contribution in [3.63, 3.8) is 0 Å². The Morgan fingerprint density at radius 3 is 2.79 bits per heavy atom. The van der Waals surface area contributed by atoms with Crippen LogP contribution in [0.25, 0.3) is 11.2 Å². The average Bonchev–Trinajstić information content (AvgIpc) is 3.55. The van der Waals surface area contributed by atoms with Crippen LogP contribution in [0.1, 0.15) is 36.7 Å². The second-order valence-electron chi connectivity index (χ2n) is 8.51. The lowest BCUT2D eigenvalue weighted by Crippen LogP contribution is -2.35. The summed E-state index contributed by atoms with van der Waals surface area (Å²) in [4.78, 5) is 37.0. The molecule has 0 radical (unpaired) electrons. The van der Waals surface area contributed by atoms with Crippen LogP contribution in [-0.4, -0.2) is 57.8 Å². The predicted octanol–water partition coefficient (Wildman–Crippen LogP) is 3.06. The van der Waals surface area contributed by atoms with Gasteiger partial charge in [0.2, 0.25) is 0 Å². The Kier molecular flexibility index (Phi) is 8.40. The molecule has 0 saturated heterocycles. The monoisotopic (exact) mass is 544 g/mol. The highest BCUT2D eigenvalue weighted by Gasteiger charge is 2.35. The van der Waals surface area contributed by atoms with Gasteiger partial charge in [-0.2, -0.15) is 5.09 Å². The normalized spacial score (nSPS) is 19.1. The molecule has 4 atom stereocenters. The molecule has 0 spiro atoms. The number of nitrogens with two attached hydrogens (primary N) is 1. The van der Waals surface area contributed by atoms with Crippen LogP contribution in [0.15, 0.2) is 49.1 Å². The van der Waals surface area contributed by atoms with E-state index >= 15 is 0 Å². The Hall–Kier alpha value is -3.80. The van der Waals surface area contributed by atoms with E-state index in [2.05, 4.69) is 20.0 Å². The average molecular weight is 545 g/mol. The number of ether oxygens (including phenoxy) is 2. The minimum Gasteiger partial charge on any atom is -0.468 e. The van der Waals surface area contributed by atoms with Gasteiger partial charge in [0.1, 0.15) is 29.2 Å². The molecule has 0 saturated carbocycles. The first kappa shape index (κ1) is 27.2. The molecule has 2 aromatic heterocycles. The number of aromatic nitrogens is 4. The number of carbonyl (C=O) groups is 2. The number of para-hydroxylation sites is 1. The van der Waals surface area contributed by atoms with E-state index in [1.54, 1.807) is 25.4 Å². The lowest BCUT2D eigenvalue weighted by molar-refractivity contribution is -0.142. The molecular weight excluding hydrogens is 515 g/mol. The Morgan fingerprint density at radius 2 is 2.03 bits per heavy atom. The van der Waals surface area contributed by atoms with Gasteiger partial charge in [0.25, 0.3) is 0 Å². The third-order valence-electron chi connectivity index (χ3n) is 5.86. The molecule has 0 bridgehead atoms. The highest BCUT2D eigenvalue weighted by atomic mass is 31.2. The SMILES string of the molecule is CCOC(=O)c1ccccc1OP(=O)(N[C@@H](C)C(=O)OC)OC[C@H]1C=C[C@@H](n2cnc3c(N)ncnc32)C1. The molecular formula is C24H29N6O7P. The second-order valence-corrected chi connectivity index (χ2v) is 10.2. The highest BCUT2D eigenvalue weighted by molar-refractivity contribution is 7.52. The van der Waals surface area contributed by atoms with E-state index in [0.717, 1.165) is 0 Å². The van der Waals surface area contributed by atoms with Gasteiger partial charge in [-0.3, -0.25) is 9.32 Å². The van der Waals surface area contributed by atoms with Gasteiger partial charge in [0.05, 0.1) is 32.7 Å². The van der Waals surface area contributed by atoms with Crippen molar-refractivity contribution in [1.82, 2.24) is 24.6 Å². The van der Waals surface area contributed by atoms with Crippen LogP contribution in [0, 0.1) is 5.92 Å². The van der Waals surface area contributed by atoms with Gasteiger partial charge in [0, 0.05) is 5.92 Å². The van der Waals surface area contributed by atoms with Gasteiger partial charge in [-0.25, -0.2) is 24.3 Å². The summed E-state index contributed by atoms with van der Waals surface area (Å²) < 4.78 is 37.1. The largest absolute Gasteiger partial charge is 0.468 e. The summed E-state index contributed by atoms with van der Waals surface area (Å²) in [5.41, 5.74) is 7.08. The number of rotatable bonds is 11. The fourth-order valence-corrected chi connectivity index (χ4v) is 5.56. The molecule has 38 heavy (non-hydrogen) atoms. The fourth-order valence-electron chi connectivity index (χ4n) is 4.00. The molecule has 1 aliphatic carbocycles. The van der Waals surface area contributed by atoms with Crippen LogP contribution >= 0.6 is 7.75 Å². The van der Waals surface area contributed by atoms with Crippen LogP contribution in [0.3, 0.4) is 0 Å². The lowest BCUT2D eigenvalue weighted by atomic mass is 10.1. The molecule has 2 heterocycles. The summed E-state index contributed by atoms with van der Waals surface area (Å²) in [5, 5.41) is 2.60. The van der Waals surface area contributed by atoms with Crippen LogP contribution in [0.4, 0.5) is 5.82 Å². The maximum absolute atomic E-state index is 13.8. The van der Waals surface area contributed by atoms with Crippen molar-refractivity contribution in [1.29, 1.82) is 0 Å². The molecule has 202 valence electrons. The predicted molar refractivity (Wildman–Crippen MR) is 137 cm³/mol. The molecule has 3 aromatic rings. The van der Waals surface area contributed by atoms with E-state index in [1.165, 1.54) is 32.5 Å². The molecule has 0 amide bonds. The zero-order chi connectivity index (χ0) is 27.3. The number of fused-ring (bicyclic) bond motifs is 1. The van der Waals surface area contributed by atoms with E-state index in [9.17, 15) is 14.2 Å². The number of hydrogen-bond acceptors (Lipinski definition) is 11. The third kappa shape index (κ3) is 6.01. The molecule has 1 unspecified atom stereocenters. The number of benzene rings is 1. The fraction of sp³-hybridized carbons (Fsp3) is 0.375. The van der Waals surface area contributed by atoms with Crippen LogP contribution < -0.4 is 15.3 Å². The zero-order valence-electron chi connectivity index (χ0n) is 21.1. The second kappa shape index (κ2) is 11.7. The number of imidazole rings is 1. The summed E-state index contributed by atoms with van der Waals surface area (Å²) in [6.07, 6.45) is 7.53. The number of hydrogen-bond donors (Lipinski definition) is 2. The summed E-state index contributed by atoms with van der Waals surface area (Å²) in [6, 6.07) is 5.08. The Morgan fingerprint density at radius 1 is 1.24 bits per heavy atom. The maximum Gasteiger partial charge on any atom is 0.459 e. The summed E-state index contributed by atoms with van der Waals surface area (Å²) in [7, 11) is -2.96. The van der Waals surface area contributed by atoms with Crippen molar-refractivity contribution < 1.29 is 32.7 Å². The number of nitrogens with zero attached hydrogens (tertiary/aromatic N) is 4. The number of carbonyl (C=O) groups excluding carboxylic acids is 2. The van der Waals surface area contributed by atoms with E-state index in [1.807, 2.05) is 16.7 Å².